The highest BCUT2D eigenvalue weighted by Gasteiger charge is 2.17. The quantitative estimate of drug-likeness (QED) is 0.417. The van der Waals surface area contributed by atoms with Crippen LogP contribution in [0.4, 0.5) is 4.39 Å². The third-order valence-corrected chi connectivity index (χ3v) is 4.15. The third kappa shape index (κ3) is 5.19. The van der Waals surface area contributed by atoms with Gasteiger partial charge >= 0.3 is 5.97 Å². The van der Waals surface area contributed by atoms with Crippen LogP contribution in [0.1, 0.15) is 26.3 Å². The molecule has 0 aromatic heterocycles. The van der Waals surface area contributed by atoms with Crippen molar-refractivity contribution in [1.82, 2.24) is 0 Å². The molecule has 0 saturated heterocycles. The topological polar surface area (TPSA) is 61.8 Å². The summed E-state index contributed by atoms with van der Waals surface area (Å²) < 4.78 is 29.4. The van der Waals surface area contributed by atoms with Gasteiger partial charge in [-0.1, -0.05) is 42.5 Å². The fourth-order valence-corrected chi connectivity index (χ4v) is 2.63. The molecule has 3 rings (SSSR count). The van der Waals surface area contributed by atoms with Crippen LogP contribution in [-0.2, 0) is 11.3 Å². The number of hydrogen-bond donors (Lipinski definition) is 0. The molecule has 0 unspecified atom stereocenters. The lowest BCUT2D eigenvalue weighted by molar-refractivity contribution is 0.0470. The van der Waals surface area contributed by atoms with Gasteiger partial charge in [0.15, 0.2) is 24.0 Å². The Hall–Kier alpha value is -3.67. The summed E-state index contributed by atoms with van der Waals surface area (Å²) in [6.07, 6.45) is 0. The monoisotopic (exact) mass is 394 g/mol. The molecule has 0 N–H and O–H groups in total. The zero-order valence-electron chi connectivity index (χ0n) is 15.8. The summed E-state index contributed by atoms with van der Waals surface area (Å²) in [4.78, 5) is 24.6. The number of methoxy groups -OCH3 is 1. The van der Waals surface area contributed by atoms with Gasteiger partial charge in [0.25, 0.3) is 0 Å². The minimum Gasteiger partial charge on any atom is -0.494 e. The molecule has 0 radical (unpaired) electrons. The first kappa shape index (κ1) is 20.1. The maximum atomic E-state index is 13.8. The number of benzene rings is 3. The summed E-state index contributed by atoms with van der Waals surface area (Å²) in [5.41, 5.74) is 1.24. The number of halogens is 1. The lowest BCUT2D eigenvalue weighted by atomic mass is 10.1. The lowest BCUT2D eigenvalue weighted by Crippen LogP contribution is -2.15. The fraction of sp³-hybridized carbons (Fsp3) is 0.130. The normalized spacial score (nSPS) is 10.3. The maximum absolute atomic E-state index is 13.8. The molecule has 0 aliphatic rings. The Bertz CT molecular complexity index is 1000. The highest BCUT2D eigenvalue weighted by Crippen LogP contribution is 2.21. The number of esters is 1. The van der Waals surface area contributed by atoms with E-state index in [9.17, 15) is 14.0 Å². The Morgan fingerprint density at radius 2 is 1.62 bits per heavy atom. The van der Waals surface area contributed by atoms with Crippen LogP contribution < -0.4 is 9.47 Å². The standard InChI is InChI=1S/C23H19FO5/c1-27-22-12-11-17(13-19(22)24)20(25)15-29-23(26)18-9-5-6-10-21(18)28-14-16-7-3-2-4-8-16/h2-13H,14-15H2,1H3. The zero-order valence-corrected chi connectivity index (χ0v) is 15.8. The summed E-state index contributed by atoms with van der Waals surface area (Å²) >= 11 is 0. The van der Waals surface area contributed by atoms with Crippen molar-refractivity contribution in [2.45, 2.75) is 6.61 Å². The Balaban J connectivity index is 1.63. The van der Waals surface area contributed by atoms with Gasteiger partial charge < -0.3 is 14.2 Å². The first-order chi connectivity index (χ1) is 14.1. The van der Waals surface area contributed by atoms with Gasteiger partial charge in [0, 0.05) is 5.56 Å². The van der Waals surface area contributed by atoms with Crippen LogP contribution in [0.25, 0.3) is 0 Å². The van der Waals surface area contributed by atoms with E-state index in [1.807, 2.05) is 30.3 Å². The van der Waals surface area contributed by atoms with Crippen molar-refractivity contribution in [3.63, 3.8) is 0 Å². The first-order valence-electron chi connectivity index (χ1n) is 8.88. The zero-order chi connectivity index (χ0) is 20.6. The van der Waals surface area contributed by atoms with Gasteiger partial charge in [-0.15, -0.1) is 0 Å². The highest BCUT2D eigenvalue weighted by atomic mass is 19.1. The summed E-state index contributed by atoms with van der Waals surface area (Å²) in [7, 11) is 1.33. The predicted octanol–water partition coefficient (Wildman–Crippen LogP) is 4.45. The first-order valence-corrected chi connectivity index (χ1v) is 8.88. The van der Waals surface area contributed by atoms with Gasteiger partial charge in [0.1, 0.15) is 17.9 Å². The maximum Gasteiger partial charge on any atom is 0.342 e. The van der Waals surface area contributed by atoms with E-state index in [4.69, 9.17) is 14.2 Å². The van der Waals surface area contributed by atoms with Gasteiger partial charge in [-0.05, 0) is 35.9 Å². The van der Waals surface area contributed by atoms with Crippen LogP contribution in [-0.4, -0.2) is 25.5 Å². The van der Waals surface area contributed by atoms with Crippen molar-refractivity contribution in [1.29, 1.82) is 0 Å². The molecule has 0 spiro atoms. The molecule has 0 amide bonds. The second kappa shape index (κ2) is 9.50. The number of Topliss-reactive ketones (excluding diaryl/α,β-unsaturated/α-hetero) is 1. The molecule has 0 aliphatic heterocycles. The van der Waals surface area contributed by atoms with E-state index < -0.39 is 24.2 Å². The number of carbonyl (C=O) groups excluding carboxylic acids is 2. The van der Waals surface area contributed by atoms with Crippen molar-refractivity contribution >= 4 is 11.8 Å². The van der Waals surface area contributed by atoms with Gasteiger partial charge in [-0.2, -0.15) is 0 Å². The van der Waals surface area contributed by atoms with E-state index in [0.29, 0.717) is 5.75 Å². The number of rotatable bonds is 8. The summed E-state index contributed by atoms with van der Waals surface area (Å²) in [6, 6.07) is 19.9. The van der Waals surface area contributed by atoms with Crippen molar-refractivity contribution in [3.05, 3.63) is 95.3 Å². The lowest BCUT2D eigenvalue weighted by Gasteiger charge is -2.11. The van der Waals surface area contributed by atoms with Crippen molar-refractivity contribution in [2.75, 3.05) is 13.7 Å². The second-order valence-electron chi connectivity index (χ2n) is 6.12. The van der Waals surface area contributed by atoms with E-state index >= 15 is 0 Å². The molecular formula is C23H19FO5. The van der Waals surface area contributed by atoms with Gasteiger partial charge in [0.2, 0.25) is 0 Å². The summed E-state index contributed by atoms with van der Waals surface area (Å²) in [5.74, 6) is -1.50. The Morgan fingerprint density at radius 1 is 0.897 bits per heavy atom. The van der Waals surface area contributed by atoms with Gasteiger partial charge in [0.05, 0.1) is 7.11 Å². The molecule has 0 bridgehead atoms. The minimum absolute atomic E-state index is 0.0306. The molecule has 29 heavy (non-hydrogen) atoms. The molecule has 0 aliphatic carbocycles. The molecule has 0 atom stereocenters. The van der Waals surface area contributed by atoms with Crippen LogP contribution in [0.2, 0.25) is 0 Å². The van der Waals surface area contributed by atoms with Gasteiger partial charge in [-0.25, -0.2) is 9.18 Å². The molecule has 3 aromatic carbocycles. The molecule has 0 fully saturated rings. The molecular weight excluding hydrogens is 375 g/mol. The summed E-state index contributed by atoms with van der Waals surface area (Å²) in [6.45, 7) is -0.229. The number of hydrogen-bond acceptors (Lipinski definition) is 5. The summed E-state index contributed by atoms with van der Waals surface area (Å²) in [5, 5.41) is 0. The molecule has 6 heteroatoms. The minimum atomic E-state index is -0.698. The molecule has 0 saturated carbocycles. The van der Waals surface area contributed by atoms with Gasteiger partial charge in [-0.3, -0.25) is 4.79 Å². The number of ether oxygens (including phenoxy) is 3. The number of ketones is 1. The van der Waals surface area contributed by atoms with E-state index in [-0.39, 0.29) is 23.5 Å². The number of carbonyl (C=O) groups is 2. The Labute approximate surface area is 167 Å². The SMILES string of the molecule is COc1ccc(C(=O)COC(=O)c2ccccc2OCc2ccccc2)cc1F. The van der Waals surface area contributed by atoms with Crippen LogP contribution in [0.5, 0.6) is 11.5 Å². The Morgan fingerprint density at radius 3 is 2.34 bits per heavy atom. The highest BCUT2D eigenvalue weighted by molar-refractivity contribution is 6.00. The van der Waals surface area contributed by atoms with Crippen molar-refractivity contribution in [2.24, 2.45) is 0 Å². The van der Waals surface area contributed by atoms with Crippen molar-refractivity contribution in [3.8, 4) is 11.5 Å². The third-order valence-electron chi connectivity index (χ3n) is 4.15. The van der Waals surface area contributed by atoms with E-state index in [1.165, 1.54) is 19.2 Å². The van der Waals surface area contributed by atoms with E-state index in [0.717, 1.165) is 11.6 Å². The van der Waals surface area contributed by atoms with Crippen LogP contribution in [0.3, 0.4) is 0 Å². The number of para-hydroxylation sites is 1. The molecule has 148 valence electrons. The van der Waals surface area contributed by atoms with E-state index in [1.54, 1.807) is 24.3 Å². The van der Waals surface area contributed by atoms with Crippen LogP contribution in [0, 0.1) is 5.82 Å². The van der Waals surface area contributed by atoms with Crippen LogP contribution in [0.15, 0.2) is 72.8 Å². The average molecular weight is 394 g/mol. The second-order valence-corrected chi connectivity index (χ2v) is 6.12. The molecule has 3 aromatic rings. The molecule has 0 heterocycles. The van der Waals surface area contributed by atoms with Crippen molar-refractivity contribution < 1.29 is 28.2 Å². The molecule has 5 nitrogen and oxygen atoms in total. The smallest absolute Gasteiger partial charge is 0.342 e. The average Bonchev–Trinajstić information content (AvgIpc) is 2.76. The Kier molecular flexibility index (Phi) is 6.58. The predicted molar refractivity (Wildman–Crippen MR) is 105 cm³/mol. The van der Waals surface area contributed by atoms with Crippen LogP contribution >= 0.6 is 0 Å². The van der Waals surface area contributed by atoms with E-state index in [2.05, 4.69) is 0 Å². The largest absolute Gasteiger partial charge is 0.494 e. The fourth-order valence-electron chi connectivity index (χ4n) is 2.63.